The average molecular weight is 211 g/mol. The summed E-state index contributed by atoms with van der Waals surface area (Å²) >= 11 is 0. The number of carbonyl (C=O) groups is 1. The van der Waals surface area contributed by atoms with Crippen LogP contribution in [0.3, 0.4) is 0 Å². The average Bonchev–Trinajstić information content (AvgIpc) is 2.62. The van der Waals surface area contributed by atoms with Crippen molar-refractivity contribution in [3.63, 3.8) is 0 Å². The maximum Gasteiger partial charge on any atom is 0.291 e. The second-order valence-corrected chi connectivity index (χ2v) is 4.30. The molecule has 1 aromatic rings. The van der Waals surface area contributed by atoms with Crippen LogP contribution in [0, 0.1) is 0 Å². The topological polar surface area (TPSA) is 96.7 Å². The van der Waals surface area contributed by atoms with Gasteiger partial charge < -0.3 is 11.1 Å². The van der Waals surface area contributed by atoms with Crippen molar-refractivity contribution in [3.05, 3.63) is 11.6 Å². The van der Waals surface area contributed by atoms with E-state index in [1.807, 2.05) is 20.8 Å². The molecule has 0 fully saturated rings. The fourth-order valence-corrected chi connectivity index (χ4v) is 0.964. The molecule has 0 aliphatic carbocycles. The Hall–Kier alpha value is -1.43. The Labute approximate surface area is 88.7 Å². The standard InChI is InChI=1S/C9H17N5O/c1-9(2,3)8-12-6(13-14-8)7(15)11-5-4-10/h4-5,10H2,1-3H3,(H,11,15)(H,12,13,14). The normalized spacial score (nSPS) is 11.5. The van der Waals surface area contributed by atoms with Crippen LogP contribution in [0.5, 0.6) is 0 Å². The minimum Gasteiger partial charge on any atom is -0.348 e. The smallest absolute Gasteiger partial charge is 0.291 e. The van der Waals surface area contributed by atoms with Crippen molar-refractivity contribution in [1.82, 2.24) is 20.5 Å². The van der Waals surface area contributed by atoms with E-state index in [2.05, 4.69) is 20.5 Å². The van der Waals surface area contributed by atoms with Crippen molar-refractivity contribution < 1.29 is 4.79 Å². The number of hydrogen-bond acceptors (Lipinski definition) is 4. The lowest BCUT2D eigenvalue weighted by atomic mass is 9.96. The van der Waals surface area contributed by atoms with Gasteiger partial charge in [-0.05, 0) is 0 Å². The zero-order valence-electron chi connectivity index (χ0n) is 9.29. The third-order valence-corrected chi connectivity index (χ3v) is 1.83. The Morgan fingerprint density at radius 3 is 2.67 bits per heavy atom. The van der Waals surface area contributed by atoms with E-state index < -0.39 is 0 Å². The highest BCUT2D eigenvalue weighted by Gasteiger charge is 2.20. The number of nitrogens with two attached hydrogens (primary N) is 1. The van der Waals surface area contributed by atoms with Gasteiger partial charge in [-0.1, -0.05) is 20.8 Å². The van der Waals surface area contributed by atoms with Gasteiger partial charge in [0, 0.05) is 18.5 Å². The van der Waals surface area contributed by atoms with Crippen LogP contribution in [-0.4, -0.2) is 34.2 Å². The minimum atomic E-state index is -0.299. The molecule has 6 heteroatoms. The molecule has 0 aliphatic rings. The number of aromatic nitrogens is 3. The SMILES string of the molecule is CC(C)(C)c1nc(C(=O)NCCN)n[nH]1. The molecule has 0 unspecified atom stereocenters. The lowest BCUT2D eigenvalue weighted by molar-refractivity contribution is 0.0944. The van der Waals surface area contributed by atoms with Crippen LogP contribution < -0.4 is 11.1 Å². The summed E-state index contributed by atoms with van der Waals surface area (Å²) in [7, 11) is 0. The van der Waals surface area contributed by atoms with E-state index in [4.69, 9.17) is 5.73 Å². The van der Waals surface area contributed by atoms with E-state index in [1.54, 1.807) is 0 Å². The van der Waals surface area contributed by atoms with Crippen LogP contribution in [-0.2, 0) is 5.41 Å². The highest BCUT2D eigenvalue weighted by molar-refractivity contribution is 5.90. The first-order valence-corrected chi connectivity index (χ1v) is 4.86. The van der Waals surface area contributed by atoms with Crippen molar-refractivity contribution in [2.75, 3.05) is 13.1 Å². The molecule has 1 rings (SSSR count). The van der Waals surface area contributed by atoms with Gasteiger partial charge in [0.15, 0.2) is 0 Å². The third kappa shape index (κ3) is 3.02. The lowest BCUT2D eigenvalue weighted by Crippen LogP contribution is -2.29. The first-order valence-electron chi connectivity index (χ1n) is 4.86. The van der Waals surface area contributed by atoms with Gasteiger partial charge in [-0.15, -0.1) is 5.10 Å². The van der Waals surface area contributed by atoms with Crippen LogP contribution in [0.2, 0.25) is 0 Å². The quantitative estimate of drug-likeness (QED) is 0.644. The number of nitrogens with one attached hydrogen (secondary N) is 2. The van der Waals surface area contributed by atoms with E-state index in [0.717, 1.165) is 0 Å². The number of H-pyrrole nitrogens is 1. The Morgan fingerprint density at radius 1 is 1.53 bits per heavy atom. The maximum absolute atomic E-state index is 11.4. The van der Waals surface area contributed by atoms with Gasteiger partial charge in [-0.2, -0.15) is 0 Å². The number of nitrogens with zero attached hydrogens (tertiary/aromatic N) is 2. The summed E-state index contributed by atoms with van der Waals surface area (Å²) in [5, 5.41) is 9.20. The highest BCUT2D eigenvalue weighted by atomic mass is 16.2. The second-order valence-electron chi connectivity index (χ2n) is 4.30. The molecule has 84 valence electrons. The number of hydrogen-bond donors (Lipinski definition) is 3. The van der Waals surface area contributed by atoms with Gasteiger partial charge in [0.1, 0.15) is 5.82 Å². The lowest BCUT2D eigenvalue weighted by Gasteiger charge is -2.12. The molecule has 0 aromatic carbocycles. The van der Waals surface area contributed by atoms with Crippen LogP contribution in [0.1, 0.15) is 37.2 Å². The van der Waals surface area contributed by atoms with E-state index in [0.29, 0.717) is 18.9 Å². The summed E-state index contributed by atoms with van der Waals surface area (Å²) in [6.07, 6.45) is 0. The molecule has 0 saturated heterocycles. The summed E-state index contributed by atoms with van der Waals surface area (Å²) in [6.45, 7) is 6.82. The van der Waals surface area contributed by atoms with Crippen LogP contribution in [0.25, 0.3) is 0 Å². The fraction of sp³-hybridized carbons (Fsp3) is 0.667. The molecule has 0 atom stereocenters. The van der Waals surface area contributed by atoms with Crippen LogP contribution in [0.4, 0.5) is 0 Å². The number of amides is 1. The van der Waals surface area contributed by atoms with Crippen LogP contribution in [0.15, 0.2) is 0 Å². The monoisotopic (exact) mass is 211 g/mol. The van der Waals surface area contributed by atoms with Crippen molar-refractivity contribution >= 4 is 5.91 Å². The zero-order valence-corrected chi connectivity index (χ0v) is 9.29. The van der Waals surface area contributed by atoms with E-state index >= 15 is 0 Å². The molecule has 0 spiro atoms. The van der Waals surface area contributed by atoms with E-state index in [-0.39, 0.29) is 17.1 Å². The van der Waals surface area contributed by atoms with Crippen molar-refractivity contribution in [2.45, 2.75) is 26.2 Å². The Morgan fingerprint density at radius 2 is 2.20 bits per heavy atom. The fourth-order valence-electron chi connectivity index (χ4n) is 0.964. The number of aromatic amines is 1. The van der Waals surface area contributed by atoms with Crippen molar-refractivity contribution in [2.24, 2.45) is 5.73 Å². The van der Waals surface area contributed by atoms with Crippen molar-refractivity contribution in [3.8, 4) is 0 Å². The summed E-state index contributed by atoms with van der Waals surface area (Å²) < 4.78 is 0. The minimum absolute atomic E-state index is 0.139. The first kappa shape index (κ1) is 11.6. The van der Waals surface area contributed by atoms with Gasteiger partial charge in [0.05, 0.1) is 0 Å². The Balaban J connectivity index is 2.72. The molecule has 15 heavy (non-hydrogen) atoms. The molecule has 4 N–H and O–H groups in total. The van der Waals surface area contributed by atoms with Crippen molar-refractivity contribution in [1.29, 1.82) is 0 Å². The van der Waals surface area contributed by atoms with E-state index in [1.165, 1.54) is 0 Å². The van der Waals surface area contributed by atoms with Gasteiger partial charge >= 0.3 is 0 Å². The summed E-state index contributed by atoms with van der Waals surface area (Å²) in [4.78, 5) is 15.5. The highest BCUT2D eigenvalue weighted by Crippen LogP contribution is 2.17. The van der Waals surface area contributed by atoms with Crippen LogP contribution >= 0.6 is 0 Å². The molecular weight excluding hydrogens is 194 g/mol. The first-order chi connectivity index (χ1) is 6.95. The second kappa shape index (κ2) is 4.39. The Kier molecular flexibility index (Phi) is 3.41. The third-order valence-electron chi connectivity index (χ3n) is 1.83. The maximum atomic E-state index is 11.4. The van der Waals surface area contributed by atoms with Gasteiger partial charge in [0.25, 0.3) is 5.91 Å². The number of rotatable bonds is 3. The zero-order chi connectivity index (χ0) is 11.5. The number of carbonyl (C=O) groups excluding carboxylic acids is 1. The predicted molar refractivity (Wildman–Crippen MR) is 56.5 cm³/mol. The Bertz CT molecular complexity index is 339. The molecule has 1 heterocycles. The van der Waals surface area contributed by atoms with Gasteiger partial charge in [-0.25, -0.2) is 4.98 Å². The molecule has 1 aromatic heterocycles. The molecule has 0 saturated carbocycles. The van der Waals surface area contributed by atoms with E-state index in [9.17, 15) is 4.79 Å². The summed E-state index contributed by atoms with van der Waals surface area (Å²) in [5.74, 6) is 0.556. The molecule has 1 amide bonds. The molecule has 0 aliphatic heterocycles. The molecule has 0 radical (unpaired) electrons. The summed E-state index contributed by atoms with van der Waals surface area (Å²) in [6, 6.07) is 0. The predicted octanol–water partition coefficient (Wildman–Crippen LogP) is -0.209. The largest absolute Gasteiger partial charge is 0.348 e. The van der Waals surface area contributed by atoms with Gasteiger partial charge in [-0.3, -0.25) is 9.89 Å². The summed E-state index contributed by atoms with van der Waals surface area (Å²) in [5.41, 5.74) is 5.13. The molecule has 6 nitrogen and oxygen atoms in total. The molecule has 0 bridgehead atoms. The molecular formula is C9H17N5O. The van der Waals surface area contributed by atoms with Gasteiger partial charge in [0.2, 0.25) is 5.82 Å².